The van der Waals surface area contributed by atoms with Crippen LogP contribution in [0.25, 0.3) is 21.9 Å². The largest absolute Gasteiger partial charge is 0.507 e. The number of benzene rings is 3. The summed E-state index contributed by atoms with van der Waals surface area (Å²) in [5, 5.41) is 13.2. The standard InChI is InChI=1S/C21H23BO/c1-21(2,3)16-11-15(13-22)20(23)19(12-16)18-10-6-8-14-7-4-5-9-17(14)18/h4-12,23H,13,22H2,1-3H3. The molecule has 0 aromatic heterocycles. The maximum atomic E-state index is 10.8. The molecule has 0 aliphatic rings. The second-order valence-corrected chi connectivity index (χ2v) is 7.16. The van der Waals surface area contributed by atoms with Gasteiger partial charge in [0.1, 0.15) is 13.6 Å². The molecule has 0 aliphatic carbocycles. The summed E-state index contributed by atoms with van der Waals surface area (Å²) in [5.74, 6) is 0.414. The summed E-state index contributed by atoms with van der Waals surface area (Å²) in [6.07, 6.45) is 0.827. The Bertz CT molecular complexity index is 854. The van der Waals surface area contributed by atoms with Crippen LogP contribution in [0.3, 0.4) is 0 Å². The summed E-state index contributed by atoms with van der Waals surface area (Å²) >= 11 is 0. The van der Waals surface area contributed by atoms with Gasteiger partial charge in [0, 0.05) is 5.56 Å². The van der Waals surface area contributed by atoms with Crippen LogP contribution in [0.2, 0.25) is 0 Å². The van der Waals surface area contributed by atoms with Crippen LogP contribution in [0.5, 0.6) is 5.75 Å². The Kier molecular flexibility index (Phi) is 3.93. The van der Waals surface area contributed by atoms with E-state index in [9.17, 15) is 5.11 Å². The molecule has 23 heavy (non-hydrogen) atoms. The summed E-state index contributed by atoms with van der Waals surface area (Å²) in [6, 6.07) is 18.9. The summed E-state index contributed by atoms with van der Waals surface area (Å²) in [7, 11) is 2.09. The highest BCUT2D eigenvalue weighted by atomic mass is 16.3. The van der Waals surface area contributed by atoms with Crippen molar-refractivity contribution in [2.75, 3.05) is 0 Å². The predicted molar refractivity (Wildman–Crippen MR) is 102 cm³/mol. The Morgan fingerprint density at radius 3 is 2.30 bits per heavy atom. The van der Waals surface area contributed by atoms with E-state index in [1.165, 1.54) is 16.3 Å². The van der Waals surface area contributed by atoms with E-state index in [4.69, 9.17) is 0 Å². The SMILES string of the molecule is BCc1cc(C(C)(C)C)cc(-c2cccc3ccccc23)c1O. The highest BCUT2D eigenvalue weighted by molar-refractivity contribution is 6.09. The lowest BCUT2D eigenvalue weighted by Gasteiger charge is -2.23. The number of hydrogen-bond donors (Lipinski definition) is 1. The Labute approximate surface area is 139 Å². The molecule has 0 saturated heterocycles. The molecular weight excluding hydrogens is 279 g/mol. The highest BCUT2D eigenvalue weighted by Gasteiger charge is 2.19. The van der Waals surface area contributed by atoms with E-state index in [1.807, 2.05) is 0 Å². The van der Waals surface area contributed by atoms with E-state index in [2.05, 4.69) is 83.2 Å². The van der Waals surface area contributed by atoms with Crippen molar-refractivity contribution in [2.45, 2.75) is 32.5 Å². The molecule has 3 aromatic rings. The lowest BCUT2D eigenvalue weighted by molar-refractivity contribution is 0.471. The molecule has 0 bridgehead atoms. The van der Waals surface area contributed by atoms with Crippen molar-refractivity contribution < 1.29 is 5.11 Å². The molecule has 116 valence electrons. The van der Waals surface area contributed by atoms with Gasteiger partial charge in [0.15, 0.2) is 0 Å². The number of fused-ring (bicyclic) bond motifs is 1. The summed E-state index contributed by atoms with van der Waals surface area (Å²) in [6.45, 7) is 6.64. The smallest absolute Gasteiger partial charge is 0.125 e. The van der Waals surface area contributed by atoms with Crippen molar-refractivity contribution in [3.05, 3.63) is 65.7 Å². The second-order valence-electron chi connectivity index (χ2n) is 7.16. The molecule has 0 aliphatic heterocycles. The monoisotopic (exact) mass is 302 g/mol. The van der Waals surface area contributed by atoms with Gasteiger partial charge in [-0.05, 0) is 38.9 Å². The van der Waals surface area contributed by atoms with Gasteiger partial charge in [0.05, 0.1) is 0 Å². The van der Waals surface area contributed by atoms with Crippen molar-refractivity contribution in [3.8, 4) is 16.9 Å². The van der Waals surface area contributed by atoms with Gasteiger partial charge >= 0.3 is 0 Å². The normalized spacial score (nSPS) is 11.8. The average Bonchev–Trinajstić information content (AvgIpc) is 2.53. The van der Waals surface area contributed by atoms with Crippen molar-refractivity contribution in [3.63, 3.8) is 0 Å². The third-order valence-electron chi connectivity index (χ3n) is 4.52. The summed E-state index contributed by atoms with van der Waals surface area (Å²) in [4.78, 5) is 0. The number of phenols is 1. The van der Waals surface area contributed by atoms with Gasteiger partial charge < -0.3 is 5.11 Å². The first-order valence-corrected chi connectivity index (χ1v) is 8.26. The number of aromatic hydroxyl groups is 1. The minimum Gasteiger partial charge on any atom is -0.507 e. The molecule has 3 aromatic carbocycles. The van der Waals surface area contributed by atoms with Crippen LogP contribution in [0.15, 0.2) is 54.6 Å². The zero-order chi connectivity index (χ0) is 16.6. The van der Waals surface area contributed by atoms with Crippen LogP contribution in [-0.4, -0.2) is 13.0 Å². The van der Waals surface area contributed by atoms with Crippen LogP contribution in [0.4, 0.5) is 0 Å². The van der Waals surface area contributed by atoms with Crippen molar-refractivity contribution in [2.24, 2.45) is 0 Å². The molecule has 2 heteroatoms. The second kappa shape index (κ2) is 5.77. The van der Waals surface area contributed by atoms with Gasteiger partial charge in [-0.1, -0.05) is 75.6 Å². The lowest BCUT2D eigenvalue weighted by atomic mass is 9.81. The maximum Gasteiger partial charge on any atom is 0.125 e. The Hall–Kier alpha value is -2.22. The fourth-order valence-electron chi connectivity index (χ4n) is 3.06. The molecule has 3 rings (SSSR count). The number of rotatable bonds is 2. The molecule has 0 saturated carbocycles. The lowest BCUT2D eigenvalue weighted by Crippen LogP contribution is -2.12. The molecule has 0 atom stereocenters. The van der Waals surface area contributed by atoms with Crippen LogP contribution in [0, 0.1) is 0 Å². The van der Waals surface area contributed by atoms with Crippen LogP contribution in [0.1, 0.15) is 31.9 Å². The van der Waals surface area contributed by atoms with Crippen molar-refractivity contribution in [1.29, 1.82) is 0 Å². The summed E-state index contributed by atoms with van der Waals surface area (Å²) in [5.41, 5.74) is 4.36. The molecule has 0 heterocycles. The van der Waals surface area contributed by atoms with E-state index in [-0.39, 0.29) is 5.41 Å². The van der Waals surface area contributed by atoms with Gasteiger partial charge in [0.25, 0.3) is 0 Å². The Morgan fingerprint density at radius 1 is 0.913 bits per heavy atom. The molecule has 0 radical (unpaired) electrons. The molecule has 0 amide bonds. The van der Waals surface area contributed by atoms with Gasteiger partial charge in [-0.25, -0.2) is 0 Å². The van der Waals surface area contributed by atoms with E-state index < -0.39 is 0 Å². The van der Waals surface area contributed by atoms with E-state index >= 15 is 0 Å². The van der Waals surface area contributed by atoms with E-state index in [1.54, 1.807) is 0 Å². The Balaban J connectivity index is 2.34. The van der Waals surface area contributed by atoms with Gasteiger partial charge in [-0.15, -0.1) is 0 Å². The van der Waals surface area contributed by atoms with Gasteiger partial charge in [-0.2, -0.15) is 0 Å². The van der Waals surface area contributed by atoms with Gasteiger partial charge in [0.2, 0.25) is 0 Å². The predicted octanol–water partition coefficient (Wildman–Crippen LogP) is 4.64. The van der Waals surface area contributed by atoms with Crippen LogP contribution < -0.4 is 0 Å². The van der Waals surface area contributed by atoms with Crippen molar-refractivity contribution >= 4 is 18.6 Å². The van der Waals surface area contributed by atoms with Gasteiger partial charge in [-0.3, -0.25) is 0 Å². The number of phenolic OH excluding ortho intramolecular Hbond substituents is 1. The fourth-order valence-corrected chi connectivity index (χ4v) is 3.06. The highest BCUT2D eigenvalue weighted by Crippen LogP contribution is 2.39. The third kappa shape index (κ3) is 2.86. The minimum absolute atomic E-state index is 0.0525. The first-order valence-electron chi connectivity index (χ1n) is 8.26. The molecule has 0 spiro atoms. The molecule has 0 fully saturated rings. The molecule has 0 unspecified atom stereocenters. The first-order chi connectivity index (χ1) is 10.9. The quantitative estimate of drug-likeness (QED) is 0.684. The zero-order valence-electron chi connectivity index (χ0n) is 14.4. The fraction of sp³-hybridized carbons (Fsp3) is 0.238. The molecule has 1 N–H and O–H groups in total. The minimum atomic E-state index is 0.0525. The Morgan fingerprint density at radius 2 is 1.61 bits per heavy atom. The maximum absolute atomic E-state index is 10.8. The average molecular weight is 302 g/mol. The zero-order valence-corrected chi connectivity index (χ0v) is 14.4. The van der Waals surface area contributed by atoms with E-state index in [0.29, 0.717) is 5.75 Å². The van der Waals surface area contributed by atoms with Crippen LogP contribution >= 0.6 is 0 Å². The molecule has 1 nitrogen and oxygen atoms in total. The summed E-state index contributed by atoms with van der Waals surface area (Å²) < 4.78 is 0. The van der Waals surface area contributed by atoms with Crippen molar-refractivity contribution in [1.82, 2.24) is 0 Å². The van der Waals surface area contributed by atoms with E-state index in [0.717, 1.165) is 23.0 Å². The van der Waals surface area contributed by atoms with Crippen LogP contribution in [-0.2, 0) is 11.7 Å². The molecular formula is C21H23BO. The number of hydrogen-bond acceptors (Lipinski definition) is 1. The topological polar surface area (TPSA) is 20.2 Å². The first kappa shape index (κ1) is 15.7. The third-order valence-corrected chi connectivity index (χ3v) is 4.52.